The van der Waals surface area contributed by atoms with E-state index in [-0.39, 0.29) is 12.1 Å². The molecule has 2 rings (SSSR count). The van der Waals surface area contributed by atoms with Crippen molar-refractivity contribution in [2.45, 2.75) is 19.1 Å². The van der Waals surface area contributed by atoms with Gasteiger partial charge in [-0.05, 0) is 32.2 Å². The molecule has 4 heteroatoms. The van der Waals surface area contributed by atoms with Crippen LogP contribution in [0.1, 0.15) is 12.5 Å². The van der Waals surface area contributed by atoms with E-state index in [9.17, 15) is 0 Å². The standard InChI is InChI=1S/C12H15N3O/c1-8-12(7-14-2)16-11-4-3-9(6-13)5-10(11)15-8/h3-5,8,12,14-15H,7H2,1-2H3. The molecule has 1 aromatic carbocycles. The quantitative estimate of drug-likeness (QED) is 0.785. The monoisotopic (exact) mass is 217 g/mol. The Hall–Kier alpha value is -1.73. The van der Waals surface area contributed by atoms with Gasteiger partial charge in [-0.3, -0.25) is 0 Å². The summed E-state index contributed by atoms with van der Waals surface area (Å²) in [5.41, 5.74) is 1.55. The van der Waals surface area contributed by atoms with Gasteiger partial charge in [0, 0.05) is 6.54 Å². The maximum atomic E-state index is 8.81. The maximum Gasteiger partial charge on any atom is 0.143 e. The van der Waals surface area contributed by atoms with Crippen molar-refractivity contribution in [3.8, 4) is 11.8 Å². The van der Waals surface area contributed by atoms with E-state index >= 15 is 0 Å². The molecule has 0 fully saturated rings. The summed E-state index contributed by atoms with van der Waals surface area (Å²) >= 11 is 0. The molecule has 16 heavy (non-hydrogen) atoms. The maximum absolute atomic E-state index is 8.81. The van der Waals surface area contributed by atoms with Gasteiger partial charge in [0.25, 0.3) is 0 Å². The molecule has 0 saturated heterocycles. The molecule has 4 nitrogen and oxygen atoms in total. The third-order valence-corrected chi connectivity index (χ3v) is 2.73. The third kappa shape index (κ3) is 1.95. The first-order valence-corrected chi connectivity index (χ1v) is 5.36. The zero-order chi connectivity index (χ0) is 11.5. The Balaban J connectivity index is 2.25. The normalized spacial score (nSPS) is 22.6. The van der Waals surface area contributed by atoms with Crippen molar-refractivity contribution >= 4 is 5.69 Å². The fraction of sp³-hybridized carbons (Fsp3) is 0.417. The van der Waals surface area contributed by atoms with Crippen LogP contribution in [-0.4, -0.2) is 25.7 Å². The van der Waals surface area contributed by atoms with E-state index in [2.05, 4.69) is 23.6 Å². The smallest absolute Gasteiger partial charge is 0.143 e. The molecular weight excluding hydrogens is 202 g/mol. The molecular formula is C12H15N3O. The first-order chi connectivity index (χ1) is 7.74. The summed E-state index contributed by atoms with van der Waals surface area (Å²) in [5.74, 6) is 0.817. The molecule has 0 amide bonds. The molecule has 0 spiro atoms. The number of hydrogen-bond acceptors (Lipinski definition) is 4. The van der Waals surface area contributed by atoms with Crippen molar-refractivity contribution in [3.05, 3.63) is 23.8 Å². The lowest BCUT2D eigenvalue weighted by atomic mass is 10.1. The lowest BCUT2D eigenvalue weighted by Crippen LogP contribution is -2.45. The predicted octanol–water partition coefficient (Wildman–Crippen LogP) is 1.34. The molecule has 2 N–H and O–H groups in total. The Morgan fingerprint density at radius 3 is 3.06 bits per heavy atom. The van der Waals surface area contributed by atoms with Crippen molar-refractivity contribution in [2.75, 3.05) is 18.9 Å². The first-order valence-electron chi connectivity index (χ1n) is 5.36. The number of rotatable bonds is 2. The molecule has 0 aromatic heterocycles. The lowest BCUT2D eigenvalue weighted by Gasteiger charge is -2.33. The van der Waals surface area contributed by atoms with E-state index in [4.69, 9.17) is 10.00 Å². The number of hydrogen-bond donors (Lipinski definition) is 2. The Morgan fingerprint density at radius 2 is 2.38 bits per heavy atom. The highest BCUT2D eigenvalue weighted by molar-refractivity contribution is 5.62. The summed E-state index contributed by atoms with van der Waals surface area (Å²) in [6.45, 7) is 2.87. The predicted molar refractivity (Wildman–Crippen MR) is 62.6 cm³/mol. The van der Waals surface area contributed by atoms with Crippen molar-refractivity contribution in [2.24, 2.45) is 0 Å². The number of fused-ring (bicyclic) bond motifs is 1. The highest BCUT2D eigenvalue weighted by Gasteiger charge is 2.25. The Labute approximate surface area is 95.2 Å². The molecule has 1 aromatic rings. The second-order valence-electron chi connectivity index (χ2n) is 3.97. The van der Waals surface area contributed by atoms with Crippen LogP contribution in [0, 0.1) is 11.3 Å². The van der Waals surface area contributed by atoms with Crippen LogP contribution in [0.4, 0.5) is 5.69 Å². The number of anilines is 1. The number of nitrogens with one attached hydrogen (secondary N) is 2. The van der Waals surface area contributed by atoms with E-state index in [0.717, 1.165) is 18.0 Å². The second kappa shape index (κ2) is 4.42. The number of benzene rings is 1. The van der Waals surface area contributed by atoms with Crippen LogP contribution < -0.4 is 15.4 Å². The van der Waals surface area contributed by atoms with Gasteiger partial charge in [-0.25, -0.2) is 0 Å². The Bertz CT molecular complexity index is 425. The van der Waals surface area contributed by atoms with Crippen LogP contribution in [-0.2, 0) is 0 Å². The summed E-state index contributed by atoms with van der Waals surface area (Å²) in [6.07, 6.45) is 0.116. The molecule has 84 valence electrons. The van der Waals surface area contributed by atoms with E-state index in [0.29, 0.717) is 5.56 Å². The molecule has 1 aliphatic rings. The minimum absolute atomic E-state index is 0.116. The zero-order valence-corrected chi connectivity index (χ0v) is 9.45. The average Bonchev–Trinajstić information content (AvgIpc) is 2.30. The van der Waals surface area contributed by atoms with Crippen LogP contribution in [0.5, 0.6) is 5.75 Å². The fourth-order valence-corrected chi connectivity index (χ4v) is 1.84. The van der Waals surface area contributed by atoms with Crippen molar-refractivity contribution in [1.82, 2.24) is 5.32 Å². The molecule has 1 heterocycles. The first kappa shape index (κ1) is 10.8. The molecule has 2 atom stereocenters. The van der Waals surface area contributed by atoms with Crippen LogP contribution >= 0.6 is 0 Å². The largest absolute Gasteiger partial charge is 0.485 e. The molecule has 0 bridgehead atoms. The average molecular weight is 217 g/mol. The highest BCUT2D eigenvalue weighted by atomic mass is 16.5. The summed E-state index contributed by atoms with van der Waals surface area (Å²) in [7, 11) is 1.91. The molecule has 2 unspecified atom stereocenters. The van der Waals surface area contributed by atoms with Gasteiger partial charge in [-0.2, -0.15) is 5.26 Å². The highest BCUT2D eigenvalue weighted by Crippen LogP contribution is 2.31. The summed E-state index contributed by atoms with van der Waals surface area (Å²) in [6, 6.07) is 7.79. The summed E-state index contributed by atoms with van der Waals surface area (Å²) in [5, 5.41) is 15.3. The summed E-state index contributed by atoms with van der Waals surface area (Å²) < 4.78 is 5.85. The van der Waals surface area contributed by atoms with Crippen LogP contribution in [0.25, 0.3) is 0 Å². The van der Waals surface area contributed by atoms with Gasteiger partial charge in [0.2, 0.25) is 0 Å². The van der Waals surface area contributed by atoms with Crippen LogP contribution in [0.2, 0.25) is 0 Å². The Kier molecular flexibility index (Phi) is 2.97. The van der Waals surface area contributed by atoms with Gasteiger partial charge < -0.3 is 15.4 Å². The Morgan fingerprint density at radius 1 is 1.56 bits per heavy atom. The van der Waals surface area contributed by atoms with E-state index < -0.39 is 0 Å². The van der Waals surface area contributed by atoms with E-state index in [1.165, 1.54) is 0 Å². The molecule has 1 aliphatic heterocycles. The third-order valence-electron chi connectivity index (χ3n) is 2.73. The van der Waals surface area contributed by atoms with E-state index in [1.807, 2.05) is 19.2 Å². The second-order valence-corrected chi connectivity index (χ2v) is 3.97. The van der Waals surface area contributed by atoms with Crippen molar-refractivity contribution in [3.63, 3.8) is 0 Å². The molecule has 0 aliphatic carbocycles. The van der Waals surface area contributed by atoms with Gasteiger partial charge in [0.1, 0.15) is 11.9 Å². The number of nitrogens with zero attached hydrogens (tertiary/aromatic N) is 1. The minimum atomic E-state index is 0.116. The molecule has 0 saturated carbocycles. The van der Waals surface area contributed by atoms with Gasteiger partial charge in [-0.15, -0.1) is 0 Å². The van der Waals surface area contributed by atoms with Gasteiger partial charge in [-0.1, -0.05) is 0 Å². The molecule has 0 radical (unpaired) electrons. The fourth-order valence-electron chi connectivity index (χ4n) is 1.84. The minimum Gasteiger partial charge on any atom is -0.485 e. The summed E-state index contributed by atoms with van der Waals surface area (Å²) in [4.78, 5) is 0. The lowest BCUT2D eigenvalue weighted by molar-refractivity contribution is 0.174. The van der Waals surface area contributed by atoms with E-state index in [1.54, 1.807) is 6.07 Å². The number of nitriles is 1. The van der Waals surface area contributed by atoms with Gasteiger partial charge >= 0.3 is 0 Å². The van der Waals surface area contributed by atoms with Crippen molar-refractivity contribution in [1.29, 1.82) is 5.26 Å². The number of likely N-dealkylation sites (N-methyl/N-ethyl adjacent to an activating group) is 1. The van der Waals surface area contributed by atoms with Crippen LogP contribution in [0.3, 0.4) is 0 Å². The van der Waals surface area contributed by atoms with Crippen molar-refractivity contribution < 1.29 is 4.74 Å². The van der Waals surface area contributed by atoms with Gasteiger partial charge in [0.15, 0.2) is 0 Å². The van der Waals surface area contributed by atoms with Crippen LogP contribution in [0.15, 0.2) is 18.2 Å². The number of ether oxygens (including phenoxy) is 1. The SMILES string of the molecule is CNCC1Oc2ccc(C#N)cc2NC1C. The van der Waals surface area contributed by atoms with Gasteiger partial charge in [0.05, 0.1) is 23.4 Å². The topological polar surface area (TPSA) is 57.1 Å². The zero-order valence-electron chi connectivity index (χ0n) is 9.45.